The standard InChI is InChI=1S/C20H25N7O2/c28-18(26-4-3-13(5-26)15-21-11-22-23-15)27-6-14(7-27)19-8-20(9-19,10-19)17-25-24-16(29-17)12-1-2-12/h11-14H,1-10H2,(H,21,22,23)/t13-,19?,20?/m0/s1. The Kier molecular flexibility index (Phi) is 3.03. The molecule has 1 N–H and O–H groups in total. The lowest BCUT2D eigenvalue weighted by atomic mass is 9.31. The maximum atomic E-state index is 12.9. The summed E-state index contributed by atoms with van der Waals surface area (Å²) in [5, 5.41) is 15.5. The number of carbonyl (C=O) groups excluding carboxylic acids is 1. The number of rotatable bonds is 4. The molecule has 0 aromatic carbocycles. The molecule has 6 fully saturated rings. The number of carbonyl (C=O) groups is 1. The first-order valence-electron chi connectivity index (χ1n) is 10.9. The number of H-pyrrole nitrogens is 1. The van der Waals surface area contributed by atoms with Crippen molar-refractivity contribution in [1.29, 1.82) is 0 Å². The van der Waals surface area contributed by atoms with E-state index in [0.29, 0.717) is 17.3 Å². The van der Waals surface area contributed by atoms with Gasteiger partial charge in [-0.25, -0.2) is 9.78 Å². The molecule has 4 heterocycles. The topological polar surface area (TPSA) is 104 Å². The summed E-state index contributed by atoms with van der Waals surface area (Å²) in [7, 11) is 0. The van der Waals surface area contributed by atoms with Crippen molar-refractivity contribution in [2.45, 2.75) is 55.8 Å². The monoisotopic (exact) mass is 395 g/mol. The summed E-state index contributed by atoms with van der Waals surface area (Å²) in [6.07, 6.45) is 8.37. The Morgan fingerprint density at radius 2 is 1.90 bits per heavy atom. The zero-order valence-corrected chi connectivity index (χ0v) is 16.4. The maximum absolute atomic E-state index is 12.9. The van der Waals surface area contributed by atoms with Crippen molar-refractivity contribution in [3.05, 3.63) is 23.9 Å². The average Bonchev–Trinajstić information content (AvgIpc) is 3.08. The molecule has 0 radical (unpaired) electrons. The lowest BCUT2D eigenvalue weighted by molar-refractivity contribution is -0.215. The molecule has 2 aliphatic heterocycles. The Bertz CT molecular complexity index is 940. The minimum atomic E-state index is 0.157. The van der Waals surface area contributed by atoms with Crippen molar-refractivity contribution in [3.63, 3.8) is 0 Å². The number of hydrogen-bond donors (Lipinski definition) is 1. The highest BCUT2D eigenvalue weighted by Gasteiger charge is 2.74. The first-order valence-corrected chi connectivity index (χ1v) is 10.9. The molecular formula is C20H25N7O2. The average molecular weight is 395 g/mol. The predicted molar refractivity (Wildman–Crippen MR) is 100 cm³/mol. The smallest absolute Gasteiger partial charge is 0.320 e. The number of urea groups is 1. The van der Waals surface area contributed by atoms with E-state index >= 15 is 0 Å². The number of likely N-dealkylation sites (tertiary alicyclic amines) is 2. The van der Waals surface area contributed by atoms with E-state index in [1.165, 1.54) is 19.2 Å². The van der Waals surface area contributed by atoms with Gasteiger partial charge in [-0.2, -0.15) is 5.10 Å². The zero-order chi connectivity index (χ0) is 19.2. The van der Waals surface area contributed by atoms with Crippen LogP contribution >= 0.6 is 0 Å². The van der Waals surface area contributed by atoms with E-state index in [-0.39, 0.29) is 17.4 Å². The van der Waals surface area contributed by atoms with Gasteiger partial charge in [-0.3, -0.25) is 5.10 Å². The molecule has 9 heteroatoms. The van der Waals surface area contributed by atoms with E-state index in [1.807, 2.05) is 9.80 Å². The van der Waals surface area contributed by atoms with Crippen molar-refractivity contribution in [3.8, 4) is 0 Å². The van der Waals surface area contributed by atoms with E-state index < -0.39 is 0 Å². The first kappa shape index (κ1) is 16.4. The Balaban J connectivity index is 0.936. The maximum Gasteiger partial charge on any atom is 0.320 e. The molecule has 6 aliphatic rings. The van der Waals surface area contributed by atoms with Crippen molar-refractivity contribution in [2.24, 2.45) is 11.3 Å². The van der Waals surface area contributed by atoms with Gasteiger partial charge in [0.15, 0.2) is 0 Å². The van der Waals surface area contributed by atoms with Crippen LogP contribution in [0.5, 0.6) is 0 Å². The van der Waals surface area contributed by atoms with Gasteiger partial charge in [0.2, 0.25) is 11.8 Å². The molecule has 0 spiro atoms. The molecule has 4 saturated carbocycles. The van der Waals surface area contributed by atoms with Crippen molar-refractivity contribution in [2.75, 3.05) is 26.2 Å². The Hall–Kier alpha value is -2.45. The second-order valence-electron chi connectivity index (χ2n) is 10.1. The molecule has 9 nitrogen and oxygen atoms in total. The number of nitrogens with one attached hydrogen (secondary N) is 1. The fraction of sp³-hybridized carbons (Fsp3) is 0.750. The third-order valence-electron chi connectivity index (χ3n) is 8.19. The van der Waals surface area contributed by atoms with Crippen LogP contribution in [0.2, 0.25) is 0 Å². The summed E-state index contributed by atoms with van der Waals surface area (Å²) in [4.78, 5) is 21.1. The quantitative estimate of drug-likeness (QED) is 0.849. The summed E-state index contributed by atoms with van der Waals surface area (Å²) in [5.74, 6) is 4.07. The van der Waals surface area contributed by atoms with Gasteiger partial charge >= 0.3 is 6.03 Å². The molecule has 0 unspecified atom stereocenters. The Morgan fingerprint density at radius 1 is 1.07 bits per heavy atom. The largest absolute Gasteiger partial charge is 0.424 e. The van der Waals surface area contributed by atoms with Crippen LogP contribution in [-0.2, 0) is 5.41 Å². The van der Waals surface area contributed by atoms with Gasteiger partial charge < -0.3 is 14.2 Å². The van der Waals surface area contributed by atoms with Crippen LogP contribution < -0.4 is 0 Å². The number of hydrogen-bond acceptors (Lipinski definition) is 6. The third-order valence-corrected chi connectivity index (χ3v) is 8.19. The van der Waals surface area contributed by atoms with E-state index in [2.05, 4.69) is 25.4 Å². The molecule has 8 rings (SSSR count). The normalized spacial score (nSPS) is 35.9. The molecule has 2 aromatic rings. The van der Waals surface area contributed by atoms with Crippen LogP contribution in [0.1, 0.15) is 68.0 Å². The Labute approximate surface area is 168 Å². The number of amides is 2. The fourth-order valence-electron chi connectivity index (χ4n) is 6.26. The molecule has 2 aromatic heterocycles. The molecule has 29 heavy (non-hydrogen) atoms. The Morgan fingerprint density at radius 3 is 2.62 bits per heavy atom. The van der Waals surface area contributed by atoms with Gasteiger partial charge in [-0.1, -0.05) is 0 Å². The molecule has 4 aliphatic carbocycles. The van der Waals surface area contributed by atoms with Crippen LogP contribution in [0.25, 0.3) is 0 Å². The van der Waals surface area contributed by atoms with Gasteiger partial charge in [0, 0.05) is 38.0 Å². The van der Waals surface area contributed by atoms with E-state index in [1.54, 1.807) is 0 Å². The van der Waals surface area contributed by atoms with Gasteiger partial charge in [-0.15, -0.1) is 10.2 Å². The van der Waals surface area contributed by atoms with Gasteiger partial charge in [0.1, 0.15) is 12.2 Å². The molecule has 2 saturated heterocycles. The summed E-state index contributed by atoms with van der Waals surface area (Å²) in [6, 6.07) is 0.190. The van der Waals surface area contributed by atoms with Crippen molar-refractivity contribution in [1.82, 2.24) is 35.2 Å². The zero-order valence-electron chi connectivity index (χ0n) is 16.4. The molecule has 2 bridgehead atoms. The summed E-state index contributed by atoms with van der Waals surface area (Å²) < 4.78 is 5.99. The van der Waals surface area contributed by atoms with Crippen molar-refractivity contribution >= 4 is 6.03 Å². The molecule has 2 amide bonds. The van der Waals surface area contributed by atoms with E-state index in [9.17, 15) is 4.79 Å². The van der Waals surface area contributed by atoms with Gasteiger partial charge in [-0.05, 0) is 49.9 Å². The van der Waals surface area contributed by atoms with E-state index in [4.69, 9.17) is 4.42 Å². The van der Waals surface area contributed by atoms with Crippen LogP contribution in [0.4, 0.5) is 4.79 Å². The summed E-state index contributed by atoms with van der Waals surface area (Å²) in [5.41, 5.74) is 0.572. The summed E-state index contributed by atoms with van der Waals surface area (Å²) in [6.45, 7) is 3.34. The lowest BCUT2D eigenvalue weighted by Gasteiger charge is -2.74. The van der Waals surface area contributed by atoms with Gasteiger partial charge in [0.25, 0.3) is 0 Å². The van der Waals surface area contributed by atoms with Crippen LogP contribution in [0.3, 0.4) is 0 Å². The predicted octanol–water partition coefficient (Wildman–Crippen LogP) is 2.03. The van der Waals surface area contributed by atoms with Crippen LogP contribution in [0.15, 0.2) is 10.7 Å². The number of nitrogens with zero attached hydrogens (tertiary/aromatic N) is 6. The fourth-order valence-corrected chi connectivity index (χ4v) is 6.26. The van der Waals surface area contributed by atoms with Crippen LogP contribution in [0, 0.1) is 11.3 Å². The third kappa shape index (κ3) is 2.24. The minimum absolute atomic E-state index is 0.157. The number of aromatic amines is 1. The summed E-state index contributed by atoms with van der Waals surface area (Å²) >= 11 is 0. The van der Waals surface area contributed by atoms with Crippen molar-refractivity contribution < 1.29 is 9.21 Å². The second kappa shape index (κ2) is 5.37. The minimum Gasteiger partial charge on any atom is -0.424 e. The highest BCUT2D eigenvalue weighted by Crippen LogP contribution is 2.77. The number of aromatic nitrogens is 5. The van der Waals surface area contributed by atoms with Gasteiger partial charge in [0.05, 0.1) is 5.41 Å². The van der Waals surface area contributed by atoms with E-state index in [0.717, 1.165) is 69.5 Å². The second-order valence-corrected chi connectivity index (χ2v) is 10.1. The molecule has 1 atom stereocenters. The van der Waals surface area contributed by atoms with Crippen LogP contribution in [-0.4, -0.2) is 67.4 Å². The molecule has 152 valence electrons. The first-order chi connectivity index (χ1) is 14.1. The highest BCUT2D eigenvalue weighted by atomic mass is 16.4. The lowest BCUT2D eigenvalue weighted by Crippen LogP contribution is -2.73. The highest BCUT2D eigenvalue weighted by molar-refractivity contribution is 5.76. The SMILES string of the molecule is O=C(N1CC(C23CC(c4nnc(C5CC5)o4)(C2)C3)C1)N1CC[C@H](c2ncn[nH]2)C1. The molecular weight excluding hydrogens is 370 g/mol.